The van der Waals surface area contributed by atoms with Crippen LogP contribution in [-0.2, 0) is 11.2 Å². The first-order valence-electron chi connectivity index (χ1n) is 4.33. The summed E-state index contributed by atoms with van der Waals surface area (Å²) in [6.07, 6.45) is 1.44. The largest absolute Gasteiger partial charge is 0.380 e. The van der Waals surface area contributed by atoms with Crippen molar-refractivity contribution in [2.75, 3.05) is 13.2 Å². The summed E-state index contributed by atoms with van der Waals surface area (Å²) < 4.78 is 5.78. The van der Waals surface area contributed by atoms with Crippen LogP contribution in [0.4, 0.5) is 0 Å². The molecule has 0 radical (unpaired) electrons. The molecule has 74 valence electrons. The van der Waals surface area contributed by atoms with Gasteiger partial charge in [0, 0.05) is 18.4 Å². The van der Waals surface area contributed by atoms with Crippen LogP contribution in [0, 0.1) is 16.7 Å². The lowest BCUT2D eigenvalue weighted by atomic mass is 9.84. The van der Waals surface area contributed by atoms with E-state index in [1.165, 1.54) is 11.3 Å². The van der Waals surface area contributed by atoms with E-state index < -0.39 is 0 Å². The number of hydrogen-bond acceptors (Lipinski definition) is 4. The Balaban J connectivity index is 2.13. The summed E-state index contributed by atoms with van der Waals surface area (Å²) in [5.74, 6) is 0. The molecule has 1 aromatic rings. The highest BCUT2D eigenvalue weighted by atomic mass is 35.5. The van der Waals surface area contributed by atoms with Crippen molar-refractivity contribution in [1.29, 1.82) is 5.26 Å². The van der Waals surface area contributed by atoms with E-state index in [1.807, 2.05) is 5.38 Å². The van der Waals surface area contributed by atoms with Gasteiger partial charge in [-0.25, -0.2) is 4.98 Å². The summed E-state index contributed by atoms with van der Waals surface area (Å²) in [5.41, 5.74) is 0.518. The van der Waals surface area contributed by atoms with Crippen molar-refractivity contribution in [2.24, 2.45) is 5.41 Å². The third-order valence-corrected chi connectivity index (χ3v) is 3.41. The van der Waals surface area contributed by atoms with Crippen LogP contribution in [0.15, 0.2) is 5.38 Å². The predicted molar refractivity (Wildman–Crippen MR) is 54.3 cm³/mol. The fourth-order valence-corrected chi connectivity index (χ4v) is 2.37. The van der Waals surface area contributed by atoms with Gasteiger partial charge in [0.1, 0.15) is 0 Å². The zero-order valence-corrected chi connectivity index (χ0v) is 9.07. The van der Waals surface area contributed by atoms with Crippen LogP contribution in [0.5, 0.6) is 0 Å². The van der Waals surface area contributed by atoms with Crippen molar-refractivity contribution in [3.63, 3.8) is 0 Å². The second kappa shape index (κ2) is 3.85. The molecule has 2 rings (SSSR count). The zero-order valence-electron chi connectivity index (χ0n) is 7.49. The molecule has 3 nitrogen and oxygen atoms in total. The van der Waals surface area contributed by atoms with Gasteiger partial charge in [-0.1, -0.05) is 11.6 Å². The van der Waals surface area contributed by atoms with Crippen LogP contribution < -0.4 is 0 Å². The fraction of sp³-hybridized carbons (Fsp3) is 0.556. The number of ether oxygens (including phenoxy) is 1. The number of nitriles is 1. The minimum Gasteiger partial charge on any atom is -0.380 e. The molecule has 1 aromatic heterocycles. The molecule has 0 N–H and O–H groups in total. The average Bonchev–Trinajstić information content (AvgIpc) is 2.77. The number of aromatic nitrogens is 1. The van der Waals surface area contributed by atoms with Crippen LogP contribution in [-0.4, -0.2) is 18.2 Å². The van der Waals surface area contributed by atoms with Crippen LogP contribution >= 0.6 is 22.9 Å². The Labute approximate surface area is 91.3 Å². The van der Waals surface area contributed by atoms with Crippen molar-refractivity contribution in [2.45, 2.75) is 12.8 Å². The molecule has 1 saturated heterocycles. The molecular weight excluding hydrogens is 220 g/mol. The quantitative estimate of drug-likeness (QED) is 0.780. The van der Waals surface area contributed by atoms with Gasteiger partial charge in [-0.05, 0) is 6.42 Å². The van der Waals surface area contributed by atoms with E-state index in [0.717, 1.165) is 12.1 Å². The molecule has 1 aliphatic rings. The van der Waals surface area contributed by atoms with E-state index in [0.29, 0.717) is 24.1 Å². The predicted octanol–water partition coefficient (Wildman–Crippen LogP) is 2.27. The Morgan fingerprint density at radius 3 is 3.14 bits per heavy atom. The number of hydrogen-bond donors (Lipinski definition) is 0. The van der Waals surface area contributed by atoms with Crippen LogP contribution in [0.3, 0.4) is 0 Å². The van der Waals surface area contributed by atoms with Gasteiger partial charge >= 0.3 is 0 Å². The first-order valence-corrected chi connectivity index (χ1v) is 5.59. The SMILES string of the molecule is N#CC1(Cc2csc(Cl)n2)CCOC1. The molecule has 1 fully saturated rings. The number of rotatable bonds is 2. The van der Waals surface area contributed by atoms with Gasteiger partial charge < -0.3 is 4.74 Å². The van der Waals surface area contributed by atoms with E-state index >= 15 is 0 Å². The molecule has 0 amide bonds. The smallest absolute Gasteiger partial charge is 0.183 e. The zero-order chi connectivity index (χ0) is 10.0. The summed E-state index contributed by atoms with van der Waals surface area (Å²) >= 11 is 7.13. The van der Waals surface area contributed by atoms with Crippen molar-refractivity contribution < 1.29 is 4.74 Å². The highest BCUT2D eigenvalue weighted by Gasteiger charge is 2.35. The molecular formula is C9H9ClN2OS. The molecule has 2 heterocycles. The van der Waals surface area contributed by atoms with Crippen molar-refractivity contribution in [3.05, 3.63) is 15.5 Å². The molecule has 0 aliphatic carbocycles. The summed E-state index contributed by atoms with van der Waals surface area (Å²) in [5, 5.41) is 11.0. The van der Waals surface area contributed by atoms with E-state index in [4.69, 9.17) is 21.6 Å². The maximum absolute atomic E-state index is 9.10. The van der Waals surface area contributed by atoms with E-state index in [-0.39, 0.29) is 5.41 Å². The van der Waals surface area contributed by atoms with Crippen molar-refractivity contribution >= 4 is 22.9 Å². The Kier molecular flexibility index (Phi) is 2.73. The Morgan fingerprint density at radius 1 is 1.79 bits per heavy atom. The fourth-order valence-electron chi connectivity index (χ4n) is 1.58. The maximum atomic E-state index is 9.10. The number of thiazole rings is 1. The van der Waals surface area contributed by atoms with Gasteiger partial charge in [0.15, 0.2) is 4.47 Å². The van der Waals surface area contributed by atoms with Gasteiger partial charge in [0.2, 0.25) is 0 Å². The minimum atomic E-state index is -0.378. The molecule has 0 aromatic carbocycles. The minimum absolute atomic E-state index is 0.378. The third-order valence-electron chi connectivity index (χ3n) is 2.38. The van der Waals surface area contributed by atoms with Gasteiger partial charge in [0.05, 0.1) is 23.8 Å². The first-order chi connectivity index (χ1) is 6.74. The lowest BCUT2D eigenvalue weighted by molar-refractivity contribution is 0.171. The number of halogens is 1. The number of nitrogens with zero attached hydrogens (tertiary/aromatic N) is 2. The molecule has 0 saturated carbocycles. The van der Waals surface area contributed by atoms with Crippen LogP contribution in [0.25, 0.3) is 0 Å². The monoisotopic (exact) mass is 228 g/mol. The Hall–Kier alpha value is -0.630. The summed E-state index contributed by atoms with van der Waals surface area (Å²) in [4.78, 5) is 4.14. The van der Waals surface area contributed by atoms with E-state index in [9.17, 15) is 0 Å². The van der Waals surface area contributed by atoms with Crippen molar-refractivity contribution in [3.8, 4) is 6.07 Å². The first kappa shape index (κ1) is 9.91. The molecule has 1 atom stereocenters. The van der Waals surface area contributed by atoms with Gasteiger partial charge in [-0.3, -0.25) is 0 Å². The standard InChI is InChI=1S/C9H9ClN2OS/c10-8-12-7(4-14-8)3-9(5-11)1-2-13-6-9/h4H,1-3,6H2. The molecule has 1 unspecified atom stereocenters. The third kappa shape index (κ3) is 1.90. The Morgan fingerprint density at radius 2 is 2.64 bits per heavy atom. The van der Waals surface area contributed by atoms with E-state index in [1.54, 1.807) is 0 Å². The molecule has 1 aliphatic heterocycles. The summed E-state index contributed by atoms with van der Waals surface area (Å²) in [7, 11) is 0. The molecule has 0 bridgehead atoms. The average molecular weight is 229 g/mol. The Bertz CT molecular complexity index is 365. The van der Waals surface area contributed by atoms with Gasteiger partial charge in [-0.2, -0.15) is 5.26 Å². The summed E-state index contributed by atoms with van der Waals surface area (Å²) in [6, 6.07) is 2.33. The second-order valence-corrected chi connectivity index (χ2v) is 4.90. The maximum Gasteiger partial charge on any atom is 0.183 e. The van der Waals surface area contributed by atoms with Gasteiger partial charge in [-0.15, -0.1) is 11.3 Å². The summed E-state index contributed by atoms with van der Waals surface area (Å²) in [6.45, 7) is 1.18. The lowest BCUT2D eigenvalue weighted by Crippen LogP contribution is -2.21. The second-order valence-electron chi connectivity index (χ2n) is 3.46. The topological polar surface area (TPSA) is 45.9 Å². The highest BCUT2D eigenvalue weighted by molar-refractivity contribution is 7.13. The van der Waals surface area contributed by atoms with Crippen molar-refractivity contribution in [1.82, 2.24) is 4.98 Å². The van der Waals surface area contributed by atoms with Gasteiger partial charge in [0.25, 0.3) is 0 Å². The molecule has 14 heavy (non-hydrogen) atoms. The van der Waals surface area contributed by atoms with E-state index in [2.05, 4.69) is 11.1 Å². The van der Waals surface area contributed by atoms with Crippen LogP contribution in [0.2, 0.25) is 4.47 Å². The molecule has 5 heteroatoms. The van der Waals surface area contributed by atoms with Crippen LogP contribution in [0.1, 0.15) is 12.1 Å². The normalized spacial score (nSPS) is 26.3. The highest BCUT2D eigenvalue weighted by Crippen LogP contribution is 2.32. The molecule has 0 spiro atoms. The lowest BCUT2D eigenvalue weighted by Gasteiger charge is -2.15.